The van der Waals surface area contributed by atoms with Crippen LogP contribution in [0.5, 0.6) is 0 Å². The molecular weight excluding hydrogens is 370 g/mol. The van der Waals surface area contributed by atoms with Gasteiger partial charge in [-0.15, -0.1) is 0 Å². The van der Waals surface area contributed by atoms with Crippen LogP contribution in [0.15, 0.2) is 64.9 Å². The van der Waals surface area contributed by atoms with E-state index in [1.165, 1.54) is 10.4 Å². The van der Waals surface area contributed by atoms with Crippen molar-refractivity contribution in [2.75, 3.05) is 5.75 Å². The largest absolute Gasteiger partial charge is 0.244 e. The summed E-state index contributed by atoms with van der Waals surface area (Å²) in [5.41, 5.74) is 2.28. The minimum Gasteiger partial charge on any atom is -0.224 e. The topological polar surface area (TPSA) is 71.5 Å². The Balaban J connectivity index is 2.07. The van der Waals surface area contributed by atoms with E-state index in [4.69, 9.17) is 0 Å². The lowest BCUT2D eigenvalue weighted by atomic mass is 10.2. The van der Waals surface area contributed by atoms with Crippen LogP contribution >= 0.6 is 0 Å². The van der Waals surface area contributed by atoms with E-state index in [2.05, 4.69) is 0 Å². The van der Waals surface area contributed by atoms with Crippen molar-refractivity contribution in [1.82, 2.24) is 4.31 Å². The highest BCUT2D eigenvalue weighted by Gasteiger charge is 2.36. The number of hydrogen-bond acceptors (Lipinski definition) is 4. The van der Waals surface area contributed by atoms with Crippen LogP contribution in [-0.4, -0.2) is 32.9 Å². The summed E-state index contributed by atoms with van der Waals surface area (Å²) in [6.07, 6.45) is 1.46. The summed E-state index contributed by atoms with van der Waals surface area (Å²) in [6, 6.07) is 13.7. The van der Waals surface area contributed by atoms with Crippen molar-refractivity contribution in [3.63, 3.8) is 0 Å². The summed E-state index contributed by atoms with van der Waals surface area (Å²) < 4.78 is 51.8. The second-order valence-electron chi connectivity index (χ2n) is 6.53. The van der Waals surface area contributed by atoms with E-state index in [1.54, 1.807) is 19.1 Å². The smallest absolute Gasteiger partial charge is 0.224 e. The van der Waals surface area contributed by atoms with Gasteiger partial charge in [0.25, 0.3) is 0 Å². The Morgan fingerprint density at radius 2 is 1.77 bits per heavy atom. The van der Waals surface area contributed by atoms with Crippen LogP contribution in [0.3, 0.4) is 0 Å². The number of benzene rings is 2. The highest BCUT2D eigenvalue weighted by molar-refractivity contribution is 7.94. The Hall–Kier alpha value is -1.96. The Bertz CT molecular complexity index is 1040. The molecule has 5 nitrogen and oxygen atoms in total. The molecule has 0 N–H and O–H groups in total. The van der Waals surface area contributed by atoms with Crippen LogP contribution < -0.4 is 0 Å². The van der Waals surface area contributed by atoms with E-state index in [0.717, 1.165) is 16.5 Å². The summed E-state index contributed by atoms with van der Waals surface area (Å²) in [5.74, 6) is -0.232. The van der Waals surface area contributed by atoms with E-state index >= 15 is 0 Å². The van der Waals surface area contributed by atoms with Crippen molar-refractivity contribution < 1.29 is 16.8 Å². The third-order valence-corrected chi connectivity index (χ3v) is 7.78. The molecule has 0 radical (unpaired) electrons. The van der Waals surface area contributed by atoms with E-state index in [1.807, 2.05) is 43.3 Å². The van der Waals surface area contributed by atoms with Crippen LogP contribution in [0, 0.1) is 13.8 Å². The molecule has 0 saturated carbocycles. The predicted octanol–water partition coefficient (Wildman–Crippen LogP) is 2.81. The lowest BCUT2D eigenvalue weighted by molar-refractivity contribution is 0.375. The van der Waals surface area contributed by atoms with Crippen LogP contribution in [0.1, 0.15) is 16.7 Å². The predicted molar refractivity (Wildman–Crippen MR) is 102 cm³/mol. The van der Waals surface area contributed by atoms with Gasteiger partial charge in [0.05, 0.1) is 16.7 Å². The van der Waals surface area contributed by atoms with Gasteiger partial charge in [0.2, 0.25) is 10.0 Å². The minimum absolute atomic E-state index is 0.112. The van der Waals surface area contributed by atoms with Crippen molar-refractivity contribution in [2.24, 2.45) is 0 Å². The standard InChI is InChI=1S/C19H21NO4S2/c1-15-8-9-16(2)19(12-15)26(23,24)20(13-17-6-4-3-5-7-17)18-10-11-25(21,22)14-18/h3-12,18H,13-14H2,1-2H3/t18-/m0/s1. The number of sulfonamides is 1. The zero-order valence-corrected chi connectivity index (χ0v) is 16.3. The molecule has 2 aromatic carbocycles. The van der Waals surface area contributed by atoms with E-state index < -0.39 is 25.9 Å². The molecule has 0 amide bonds. The fraction of sp³-hybridized carbons (Fsp3) is 0.263. The highest BCUT2D eigenvalue weighted by Crippen LogP contribution is 2.28. The van der Waals surface area contributed by atoms with Gasteiger partial charge in [-0.1, -0.05) is 48.5 Å². The van der Waals surface area contributed by atoms with E-state index in [-0.39, 0.29) is 17.2 Å². The van der Waals surface area contributed by atoms with Crippen LogP contribution in [0.25, 0.3) is 0 Å². The van der Waals surface area contributed by atoms with Crippen molar-refractivity contribution in [3.8, 4) is 0 Å². The van der Waals surface area contributed by atoms with Crippen LogP contribution in [0.2, 0.25) is 0 Å². The number of hydrogen-bond donors (Lipinski definition) is 0. The SMILES string of the molecule is Cc1ccc(C)c(S(=O)(=O)N(Cc2ccccc2)[C@H]2C=CS(=O)(=O)C2)c1. The normalized spacial score (nSPS) is 19.1. The van der Waals surface area contributed by atoms with E-state index in [0.29, 0.717) is 5.56 Å². The molecule has 1 aliphatic rings. The molecule has 138 valence electrons. The summed E-state index contributed by atoms with van der Waals surface area (Å²) >= 11 is 0. The van der Waals surface area contributed by atoms with Gasteiger partial charge in [0.1, 0.15) is 0 Å². The second-order valence-corrected chi connectivity index (χ2v) is 10.3. The Labute approximate surface area is 154 Å². The maximum atomic E-state index is 13.4. The molecule has 2 aromatic rings. The lowest BCUT2D eigenvalue weighted by Gasteiger charge is -2.27. The number of aryl methyl sites for hydroxylation is 2. The molecule has 1 atom stereocenters. The zero-order chi connectivity index (χ0) is 18.9. The first kappa shape index (κ1) is 18.8. The molecule has 7 heteroatoms. The molecule has 0 aliphatic carbocycles. The lowest BCUT2D eigenvalue weighted by Crippen LogP contribution is -2.40. The van der Waals surface area contributed by atoms with Gasteiger partial charge in [0, 0.05) is 12.0 Å². The average molecular weight is 392 g/mol. The van der Waals surface area contributed by atoms with E-state index in [9.17, 15) is 16.8 Å². The molecule has 26 heavy (non-hydrogen) atoms. The molecule has 3 rings (SSSR count). The van der Waals surface area contributed by atoms with Gasteiger partial charge in [-0.05, 0) is 36.6 Å². The molecule has 0 aromatic heterocycles. The summed E-state index contributed by atoms with van der Waals surface area (Å²) in [7, 11) is -7.25. The number of nitrogens with zero attached hydrogens (tertiary/aromatic N) is 1. The summed E-state index contributed by atoms with van der Waals surface area (Å²) in [5, 5.41) is 1.11. The second kappa shape index (κ2) is 6.98. The van der Waals surface area contributed by atoms with Gasteiger partial charge in [-0.25, -0.2) is 16.8 Å². The molecule has 0 saturated heterocycles. The molecule has 1 aliphatic heterocycles. The minimum atomic E-state index is -3.87. The molecule has 0 unspecified atom stereocenters. The highest BCUT2D eigenvalue weighted by atomic mass is 32.2. The molecule has 0 bridgehead atoms. The van der Waals surface area contributed by atoms with Crippen LogP contribution in [-0.2, 0) is 26.4 Å². The average Bonchev–Trinajstić information content (AvgIpc) is 2.95. The number of rotatable bonds is 5. The monoisotopic (exact) mass is 391 g/mol. The summed E-state index contributed by atoms with van der Waals surface area (Å²) in [6.45, 7) is 3.69. The first-order valence-electron chi connectivity index (χ1n) is 8.23. The fourth-order valence-electron chi connectivity index (χ4n) is 2.99. The molecule has 0 fully saturated rings. The fourth-order valence-corrected chi connectivity index (χ4v) is 6.27. The van der Waals surface area contributed by atoms with Crippen molar-refractivity contribution in [2.45, 2.75) is 31.3 Å². The van der Waals surface area contributed by atoms with Gasteiger partial charge >= 0.3 is 0 Å². The first-order valence-corrected chi connectivity index (χ1v) is 11.4. The first-order chi connectivity index (χ1) is 12.2. The third-order valence-electron chi connectivity index (χ3n) is 4.39. The van der Waals surface area contributed by atoms with Crippen molar-refractivity contribution in [1.29, 1.82) is 0 Å². The van der Waals surface area contributed by atoms with Crippen molar-refractivity contribution >= 4 is 19.9 Å². The van der Waals surface area contributed by atoms with Crippen LogP contribution in [0.4, 0.5) is 0 Å². The van der Waals surface area contributed by atoms with Gasteiger partial charge in [0.15, 0.2) is 9.84 Å². The molecule has 0 spiro atoms. The summed E-state index contributed by atoms with van der Waals surface area (Å²) in [4.78, 5) is 0.214. The van der Waals surface area contributed by atoms with Gasteiger partial charge < -0.3 is 0 Å². The Morgan fingerprint density at radius 1 is 1.08 bits per heavy atom. The number of sulfone groups is 1. The maximum absolute atomic E-state index is 13.4. The maximum Gasteiger partial charge on any atom is 0.244 e. The van der Waals surface area contributed by atoms with Crippen molar-refractivity contribution in [3.05, 3.63) is 76.7 Å². The Morgan fingerprint density at radius 3 is 2.38 bits per heavy atom. The van der Waals surface area contributed by atoms with Gasteiger partial charge in [-0.2, -0.15) is 4.31 Å². The third kappa shape index (κ3) is 3.90. The molecule has 1 heterocycles. The quantitative estimate of drug-likeness (QED) is 0.786. The Kier molecular flexibility index (Phi) is 5.05. The molecular formula is C19H21NO4S2. The zero-order valence-electron chi connectivity index (χ0n) is 14.7. The van der Waals surface area contributed by atoms with Gasteiger partial charge in [-0.3, -0.25) is 0 Å².